The highest BCUT2D eigenvalue weighted by molar-refractivity contribution is 7.16. The SMILES string of the molecule is CC1CCC(CN)(c2nn3c(C(F)(F)F)nnc3s2)CC1. The zero-order chi connectivity index (χ0) is 15.3. The van der Waals surface area contributed by atoms with Crippen molar-refractivity contribution in [2.45, 2.75) is 44.2 Å². The topological polar surface area (TPSA) is 69.1 Å². The Bertz CT molecular complexity index is 639. The number of hydrogen-bond acceptors (Lipinski definition) is 5. The van der Waals surface area contributed by atoms with Crippen LogP contribution in [0.25, 0.3) is 4.96 Å². The van der Waals surface area contributed by atoms with Crippen LogP contribution in [-0.2, 0) is 11.6 Å². The van der Waals surface area contributed by atoms with E-state index in [2.05, 4.69) is 22.2 Å². The van der Waals surface area contributed by atoms with Crippen molar-refractivity contribution in [1.29, 1.82) is 0 Å². The lowest BCUT2D eigenvalue weighted by atomic mass is 9.71. The van der Waals surface area contributed by atoms with Crippen LogP contribution in [0.15, 0.2) is 0 Å². The third-order valence-corrected chi connectivity index (χ3v) is 5.47. The summed E-state index contributed by atoms with van der Waals surface area (Å²) in [6.07, 6.45) is -0.805. The van der Waals surface area contributed by atoms with Crippen molar-refractivity contribution in [3.63, 3.8) is 0 Å². The molecule has 1 aliphatic carbocycles. The molecule has 116 valence electrons. The molecule has 0 bridgehead atoms. The Morgan fingerprint density at radius 2 is 2.00 bits per heavy atom. The van der Waals surface area contributed by atoms with Crippen LogP contribution in [0.3, 0.4) is 0 Å². The number of hydrogen-bond donors (Lipinski definition) is 1. The molecular formula is C12H16F3N5S. The molecule has 0 spiro atoms. The lowest BCUT2D eigenvalue weighted by molar-refractivity contribution is -0.146. The largest absolute Gasteiger partial charge is 0.453 e. The van der Waals surface area contributed by atoms with Gasteiger partial charge in [-0.25, -0.2) is 0 Å². The number of rotatable bonds is 2. The lowest BCUT2D eigenvalue weighted by Crippen LogP contribution is -2.38. The van der Waals surface area contributed by atoms with Gasteiger partial charge in [0.25, 0.3) is 5.82 Å². The zero-order valence-electron chi connectivity index (χ0n) is 11.5. The van der Waals surface area contributed by atoms with Crippen molar-refractivity contribution < 1.29 is 13.2 Å². The minimum Gasteiger partial charge on any atom is -0.329 e. The van der Waals surface area contributed by atoms with E-state index < -0.39 is 12.0 Å². The molecule has 2 N–H and O–H groups in total. The second kappa shape index (κ2) is 4.91. The van der Waals surface area contributed by atoms with Crippen LogP contribution < -0.4 is 5.73 Å². The van der Waals surface area contributed by atoms with E-state index in [0.717, 1.165) is 41.5 Å². The molecule has 5 nitrogen and oxygen atoms in total. The predicted molar refractivity (Wildman–Crippen MR) is 72.0 cm³/mol. The summed E-state index contributed by atoms with van der Waals surface area (Å²) in [6.45, 7) is 2.58. The van der Waals surface area contributed by atoms with Gasteiger partial charge in [-0.05, 0) is 31.6 Å². The molecule has 3 rings (SSSR count). The minimum atomic E-state index is -4.55. The van der Waals surface area contributed by atoms with Gasteiger partial charge in [0.15, 0.2) is 0 Å². The van der Waals surface area contributed by atoms with Gasteiger partial charge in [-0.1, -0.05) is 18.3 Å². The third kappa shape index (κ3) is 2.42. The van der Waals surface area contributed by atoms with E-state index in [0.29, 0.717) is 17.5 Å². The fourth-order valence-corrected chi connectivity index (χ4v) is 3.92. The maximum absolute atomic E-state index is 12.8. The fourth-order valence-electron chi connectivity index (χ4n) is 2.83. The predicted octanol–water partition coefficient (Wildman–Crippen LogP) is 2.61. The van der Waals surface area contributed by atoms with Gasteiger partial charge in [-0.15, -0.1) is 10.2 Å². The average molecular weight is 319 g/mol. The van der Waals surface area contributed by atoms with Gasteiger partial charge >= 0.3 is 6.18 Å². The van der Waals surface area contributed by atoms with Crippen molar-refractivity contribution >= 4 is 16.3 Å². The number of nitrogens with two attached hydrogens (primary N) is 1. The standard InChI is InChI=1S/C12H16F3N5S/c1-7-2-4-11(6-16,5-3-7)9-19-20-8(12(13,14)15)17-18-10(20)21-9/h7H,2-6,16H2,1H3. The van der Waals surface area contributed by atoms with Crippen molar-refractivity contribution in [3.8, 4) is 0 Å². The quantitative estimate of drug-likeness (QED) is 0.924. The van der Waals surface area contributed by atoms with Gasteiger partial charge in [0.1, 0.15) is 5.01 Å². The molecule has 1 aliphatic rings. The first-order valence-corrected chi connectivity index (χ1v) is 7.67. The highest BCUT2D eigenvalue weighted by Gasteiger charge is 2.41. The number of halogens is 3. The van der Waals surface area contributed by atoms with Gasteiger partial charge in [0, 0.05) is 12.0 Å². The van der Waals surface area contributed by atoms with E-state index in [1.165, 1.54) is 0 Å². The molecule has 0 radical (unpaired) electrons. The maximum atomic E-state index is 12.8. The van der Waals surface area contributed by atoms with Crippen LogP contribution in [-0.4, -0.2) is 26.4 Å². The highest BCUT2D eigenvalue weighted by Crippen LogP contribution is 2.42. The Morgan fingerprint density at radius 1 is 1.33 bits per heavy atom. The normalized spacial score (nSPS) is 27.4. The molecule has 0 unspecified atom stereocenters. The molecule has 2 aromatic heterocycles. The lowest BCUT2D eigenvalue weighted by Gasteiger charge is -2.36. The molecule has 0 aliphatic heterocycles. The van der Waals surface area contributed by atoms with Crippen molar-refractivity contribution in [1.82, 2.24) is 19.8 Å². The number of fused-ring (bicyclic) bond motifs is 1. The molecule has 0 atom stereocenters. The first kappa shape index (κ1) is 14.7. The van der Waals surface area contributed by atoms with Crippen LogP contribution in [0, 0.1) is 5.92 Å². The van der Waals surface area contributed by atoms with Gasteiger partial charge in [0.05, 0.1) is 0 Å². The Labute approximate surface area is 123 Å². The monoisotopic (exact) mass is 319 g/mol. The summed E-state index contributed by atoms with van der Waals surface area (Å²) in [7, 11) is 0. The second-order valence-electron chi connectivity index (χ2n) is 5.79. The van der Waals surface area contributed by atoms with Crippen LogP contribution in [0.4, 0.5) is 13.2 Å². The van der Waals surface area contributed by atoms with E-state index in [9.17, 15) is 13.2 Å². The molecule has 2 heterocycles. The first-order valence-electron chi connectivity index (χ1n) is 6.86. The first-order chi connectivity index (χ1) is 9.86. The van der Waals surface area contributed by atoms with E-state index in [1.807, 2.05) is 0 Å². The van der Waals surface area contributed by atoms with Crippen molar-refractivity contribution in [2.75, 3.05) is 6.54 Å². The summed E-state index contributed by atoms with van der Waals surface area (Å²) >= 11 is 1.16. The summed E-state index contributed by atoms with van der Waals surface area (Å²) in [4.78, 5) is 0.170. The Balaban J connectivity index is 2.02. The van der Waals surface area contributed by atoms with E-state index >= 15 is 0 Å². The Kier molecular flexibility index (Phi) is 3.44. The second-order valence-corrected chi connectivity index (χ2v) is 6.75. The molecule has 0 aromatic carbocycles. The molecule has 0 amide bonds. The number of aromatic nitrogens is 4. The molecule has 2 aromatic rings. The smallest absolute Gasteiger partial charge is 0.329 e. The highest BCUT2D eigenvalue weighted by atomic mass is 32.1. The molecule has 9 heteroatoms. The summed E-state index contributed by atoms with van der Waals surface area (Å²) in [6, 6.07) is 0. The Hall–Kier alpha value is -1.22. The van der Waals surface area contributed by atoms with Gasteiger partial charge in [-0.3, -0.25) is 0 Å². The van der Waals surface area contributed by atoms with Crippen LogP contribution in [0.1, 0.15) is 43.4 Å². The van der Waals surface area contributed by atoms with Gasteiger partial charge < -0.3 is 5.73 Å². The summed E-state index contributed by atoms with van der Waals surface area (Å²) in [5, 5.41) is 11.6. The average Bonchev–Trinajstić information content (AvgIpc) is 2.98. The zero-order valence-corrected chi connectivity index (χ0v) is 12.3. The van der Waals surface area contributed by atoms with E-state index in [-0.39, 0.29) is 10.4 Å². The summed E-state index contributed by atoms with van der Waals surface area (Å²) in [5.74, 6) is -0.447. The molecule has 1 fully saturated rings. The summed E-state index contributed by atoms with van der Waals surface area (Å²) in [5.41, 5.74) is 5.61. The third-order valence-electron chi connectivity index (χ3n) is 4.32. The Morgan fingerprint density at radius 3 is 2.57 bits per heavy atom. The van der Waals surface area contributed by atoms with Crippen LogP contribution in [0.5, 0.6) is 0 Å². The number of alkyl halides is 3. The van der Waals surface area contributed by atoms with Crippen molar-refractivity contribution in [3.05, 3.63) is 10.8 Å². The maximum Gasteiger partial charge on any atom is 0.453 e. The molecule has 21 heavy (non-hydrogen) atoms. The molecule has 0 saturated heterocycles. The van der Waals surface area contributed by atoms with Crippen molar-refractivity contribution in [2.24, 2.45) is 11.7 Å². The molecule has 1 saturated carbocycles. The van der Waals surface area contributed by atoms with Gasteiger partial charge in [-0.2, -0.15) is 22.8 Å². The summed E-state index contributed by atoms with van der Waals surface area (Å²) < 4.78 is 39.3. The van der Waals surface area contributed by atoms with Crippen LogP contribution in [0.2, 0.25) is 0 Å². The minimum absolute atomic E-state index is 0.170. The van der Waals surface area contributed by atoms with E-state index in [4.69, 9.17) is 5.73 Å². The van der Waals surface area contributed by atoms with E-state index in [1.54, 1.807) is 0 Å². The molecular weight excluding hydrogens is 303 g/mol. The van der Waals surface area contributed by atoms with Crippen LogP contribution >= 0.6 is 11.3 Å². The fraction of sp³-hybridized carbons (Fsp3) is 0.750. The number of nitrogens with zero attached hydrogens (tertiary/aromatic N) is 4. The van der Waals surface area contributed by atoms with Gasteiger partial charge in [0.2, 0.25) is 4.96 Å².